The predicted octanol–water partition coefficient (Wildman–Crippen LogP) is 25.1. The fourth-order valence-electron chi connectivity index (χ4n) is 10.5. The molecular formula is C84H144NO8P. The summed E-state index contributed by atoms with van der Waals surface area (Å²) in [4.78, 5) is 38.2. The standard InChI is InChI=1S/C84H144NO8P/c1-6-8-10-12-14-16-18-20-22-24-26-28-30-32-34-36-38-40-41-42-43-45-47-49-51-53-55-57-59-61-63-65-67-69-71-73-75-77-84(87)93-82(81-92-94(88,89)91-79-78-85(3,4)5)80-90-83(86)76-74-72-70-68-66-64-62-60-58-56-54-52-50-48-46-44-39-37-35-33-31-29-27-25-23-21-19-17-15-13-11-9-7-2/h8-11,14-17,20-23,26-29,32-35,38-40,44,82H,6-7,12-13,18-19,24-25,30-31,36-37,41-43,45-81H2,1-5H3/b10-8-,11-9-,16-14-,17-15-,22-20-,23-21-,28-26-,29-27-,34-32-,35-33-,40-38-,44-39-. The van der Waals surface area contributed by atoms with Gasteiger partial charge in [-0.05, 0) is 116 Å². The summed E-state index contributed by atoms with van der Waals surface area (Å²) in [5, 5.41) is 0. The summed E-state index contributed by atoms with van der Waals surface area (Å²) in [7, 11) is 1.16. The highest BCUT2D eigenvalue weighted by atomic mass is 31.2. The predicted molar refractivity (Wildman–Crippen MR) is 406 cm³/mol. The number of carbonyl (C=O) groups is 2. The van der Waals surface area contributed by atoms with Crippen LogP contribution in [0.3, 0.4) is 0 Å². The van der Waals surface area contributed by atoms with Crippen molar-refractivity contribution >= 4 is 19.8 Å². The summed E-state index contributed by atoms with van der Waals surface area (Å²) in [6.07, 6.45) is 108. The lowest BCUT2D eigenvalue weighted by molar-refractivity contribution is -0.870. The van der Waals surface area contributed by atoms with E-state index in [1.165, 1.54) is 173 Å². The quantitative estimate of drug-likeness (QED) is 0.0195. The molecule has 0 aromatic heterocycles. The minimum Gasteiger partial charge on any atom is -0.756 e. The van der Waals surface area contributed by atoms with Crippen LogP contribution in [0.5, 0.6) is 0 Å². The summed E-state index contributed by atoms with van der Waals surface area (Å²) in [5.41, 5.74) is 0. The molecule has 0 fully saturated rings. The third kappa shape index (κ3) is 76.9. The number of likely N-dealkylation sites (N-methyl/N-ethyl adjacent to an activating group) is 1. The molecule has 10 heteroatoms. The summed E-state index contributed by atoms with van der Waals surface area (Å²) in [6.45, 7) is 4.03. The van der Waals surface area contributed by atoms with Crippen molar-refractivity contribution < 1.29 is 42.1 Å². The molecule has 9 nitrogen and oxygen atoms in total. The van der Waals surface area contributed by atoms with E-state index >= 15 is 0 Å². The van der Waals surface area contributed by atoms with Gasteiger partial charge in [-0.25, -0.2) is 0 Å². The number of phosphoric acid groups is 1. The van der Waals surface area contributed by atoms with Gasteiger partial charge in [-0.1, -0.05) is 339 Å². The molecule has 2 unspecified atom stereocenters. The first kappa shape index (κ1) is 89.9. The van der Waals surface area contributed by atoms with E-state index in [2.05, 4.69) is 160 Å². The van der Waals surface area contributed by atoms with Crippen molar-refractivity contribution in [1.82, 2.24) is 0 Å². The van der Waals surface area contributed by atoms with E-state index in [0.717, 1.165) is 116 Å². The van der Waals surface area contributed by atoms with Crippen LogP contribution in [0.4, 0.5) is 0 Å². The van der Waals surface area contributed by atoms with Crippen LogP contribution in [0.2, 0.25) is 0 Å². The Kier molecular flexibility index (Phi) is 69.9. The van der Waals surface area contributed by atoms with Crippen LogP contribution in [-0.4, -0.2) is 70.0 Å². The highest BCUT2D eigenvalue weighted by molar-refractivity contribution is 7.45. The van der Waals surface area contributed by atoms with Crippen molar-refractivity contribution in [2.45, 2.75) is 328 Å². The average Bonchev–Trinajstić information content (AvgIpc) is 1.56. The van der Waals surface area contributed by atoms with Gasteiger partial charge < -0.3 is 27.9 Å². The van der Waals surface area contributed by atoms with Gasteiger partial charge in [0.2, 0.25) is 0 Å². The van der Waals surface area contributed by atoms with Gasteiger partial charge in [0.05, 0.1) is 27.7 Å². The SMILES string of the molecule is CC/C=C\C/C=C\C/C=C\C/C=C\C/C=C\C/C=C\CCCCCCCCCCCCCCCCCCCCC(=O)OC(COC(=O)CCCCCCCCCCCCCCCC/C=C\C/C=C\C/C=C\C/C=C\C/C=C\C/C=C\CC)COP(=O)([O-])OCC[N+](C)(C)C. The Morgan fingerprint density at radius 2 is 0.574 bits per heavy atom. The monoisotopic (exact) mass is 1330 g/mol. The Labute approximate surface area is 580 Å². The second-order valence-electron chi connectivity index (χ2n) is 26.6. The molecule has 0 heterocycles. The molecule has 0 rings (SSSR count). The highest BCUT2D eigenvalue weighted by Crippen LogP contribution is 2.38. The van der Waals surface area contributed by atoms with E-state index in [4.69, 9.17) is 18.5 Å². The average molecular weight is 1330 g/mol. The first-order valence-corrected chi connectivity index (χ1v) is 40.0. The molecule has 538 valence electrons. The van der Waals surface area contributed by atoms with Crippen LogP contribution >= 0.6 is 7.82 Å². The van der Waals surface area contributed by atoms with Crippen LogP contribution in [0.25, 0.3) is 0 Å². The zero-order valence-corrected chi connectivity index (χ0v) is 62.3. The van der Waals surface area contributed by atoms with Gasteiger partial charge in [-0.2, -0.15) is 0 Å². The van der Waals surface area contributed by atoms with Gasteiger partial charge in [-0.15, -0.1) is 0 Å². The normalized spacial score (nSPS) is 13.9. The third-order valence-electron chi connectivity index (χ3n) is 16.4. The van der Waals surface area contributed by atoms with E-state index in [9.17, 15) is 19.0 Å². The van der Waals surface area contributed by atoms with E-state index in [0.29, 0.717) is 17.4 Å². The lowest BCUT2D eigenvalue weighted by Crippen LogP contribution is -2.37. The van der Waals surface area contributed by atoms with Crippen molar-refractivity contribution in [1.29, 1.82) is 0 Å². The fraction of sp³-hybridized carbons (Fsp3) is 0.690. The number of quaternary nitrogens is 1. The Hall–Kier alpha value is -4.11. The number of nitrogens with zero attached hydrogens (tertiary/aromatic N) is 1. The molecule has 2 atom stereocenters. The first-order valence-electron chi connectivity index (χ1n) is 38.5. The van der Waals surface area contributed by atoms with Gasteiger partial charge in [0.25, 0.3) is 7.82 Å². The molecule has 94 heavy (non-hydrogen) atoms. The summed E-state index contributed by atoms with van der Waals surface area (Å²) in [5.74, 6) is -0.828. The molecule has 0 N–H and O–H groups in total. The number of hydrogen-bond acceptors (Lipinski definition) is 8. The Balaban J connectivity index is 4.00. The van der Waals surface area contributed by atoms with Crippen LogP contribution in [0.15, 0.2) is 146 Å². The maximum absolute atomic E-state index is 12.9. The van der Waals surface area contributed by atoms with Gasteiger partial charge in [0.1, 0.15) is 19.8 Å². The zero-order valence-electron chi connectivity index (χ0n) is 61.4. The molecule has 0 saturated carbocycles. The maximum Gasteiger partial charge on any atom is 0.306 e. The Morgan fingerprint density at radius 3 is 0.851 bits per heavy atom. The number of rotatable bonds is 70. The van der Waals surface area contributed by atoms with E-state index in [1.807, 2.05) is 21.1 Å². The zero-order chi connectivity index (χ0) is 68.3. The van der Waals surface area contributed by atoms with Gasteiger partial charge >= 0.3 is 11.9 Å². The number of allylic oxidation sites excluding steroid dienone is 24. The molecule has 0 aliphatic carbocycles. The summed E-state index contributed by atoms with van der Waals surface area (Å²) in [6, 6.07) is 0. The number of carbonyl (C=O) groups excluding carboxylic acids is 2. The molecule has 0 saturated heterocycles. The number of esters is 2. The van der Waals surface area contributed by atoms with Gasteiger partial charge in [0, 0.05) is 12.8 Å². The topological polar surface area (TPSA) is 111 Å². The molecule has 0 bridgehead atoms. The molecule has 0 aliphatic rings. The van der Waals surface area contributed by atoms with Gasteiger partial charge in [-0.3, -0.25) is 14.2 Å². The third-order valence-corrected chi connectivity index (χ3v) is 17.3. The van der Waals surface area contributed by atoms with Crippen LogP contribution in [0.1, 0.15) is 322 Å². The highest BCUT2D eigenvalue weighted by Gasteiger charge is 2.22. The Bertz CT molecular complexity index is 2100. The molecule has 0 spiro atoms. The number of hydrogen-bond donors (Lipinski definition) is 0. The van der Waals surface area contributed by atoms with Crippen molar-refractivity contribution in [3.8, 4) is 0 Å². The van der Waals surface area contributed by atoms with Crippen molar-refractivity contribution in [3.05, 3.63) is 146 Å². The smallest absolute Gasteiger partial charge is 0.306 e. The number of unbranched alkanes of at least 4 members (excludes halogenated alkanes) is 32. The largest absolute Gasteiger partial charge is 0.756 e. The van der Waals surface area contributed by atoms with E-state index in [-0.39, 0.29) is 32.0 Å². The first-order chi connectivity index (χ1) is 46.0. The lowest BCUT2D eigenvalue weighted by Gasteiger charge is -2.28. The number of phosphoric ester groups is 1. The van der Waals surface area contributed by atoms with Crippen molar-refractivity contribution in [2.24, 2.45) is 0 Å². The lowest BCUT2D eigenvalue weighted by atomic mass is 10.0. The van der Waals surface area contributed by atoms with Crippen LogP contribution < -0.4 is 4.89 Å². The van der Waals surface area contributed by atoms with Crippen LogP contribution in [-0.2, 0) is 32.7 Å². The molecular weight excluding hydrogens is 1180 g/mol. The minimum atomic E-state index is -4.65. The van der Waals surface area contributed by atoms with E-state index in [1.54, 1.807) is 0 Å². The van der Waals surface area contributed by atoms with Crippen molar-refractivity contribution in [2.75, 3.05) is 47.5 Å². The minimum absolute atomic E-state index is 0.0348. The van der Waals surface area contributed by atoms with Crippen LogP contribution in [0, 0.1) is 0 Å². The molecule has 0 amide bonds. The number of ether oxygens (including phenoxy) is 2. The van der Waals surface area contributed by atoms with Gasteiger partial charge in [0.15, 0.2) is 6.10 Å². The maximum atomic E-state index is 12.9. The molecule has 0 aromatic carbocycles. The molecule has 0 radical (unpaired) electrons. The van der Waals surface area contributed by atoms with E-state index < -0.39 is 26.5 Å². The molecule has 0 aromatic rings. The summed E-state index contributed by atoms with van der Waals surface area (Å²) < 4.78 is 34.4. The summed E-state index contributed by atoms with van der Waals surface area (Å²) >= 11 is 0. The van der Waals surface area contributed by atoms with Crippen molar-refractivity contribution in [3.63, 3.8) is 0 Å². The Morgan fingerprint density at radius 1 is 0.330 bits per heavy atom. The molecule has 0 aliphatic heterocycles. The second-order valence-corrected chi connectivity index (χ2v) is 28.0. The second kappa shape index (κ2) is 73.1. The fourth-order valence-corrected chi connectivity index (χ4v) is 11.3.